The number of hydrogen-bond acceptors (Lipinski definition) is 2. The van der Waals surface area contributed by atoms with Gasteiger partial charge in [-0.1, -0.05) is 6.92 Å². The Balaban J connectivity index is 2.93. The lowest BCUT2D eigenvalue weighted by Gasteiger charge is -2.10. The first-order valence-corrected chi connectivity index (χ1v) is 6.87. The summed E-state index contributed by atoms with van der Waals surface area (Å²) in [6, 6.07) is 2.25. The summed E-state index contributed by atoms with van der Waals surface area (Å²) < 4.78 is 51.5. The van der Waals surface area contributed by atoms with E-state index in [2.05, 4.69) is 4.72 Å². The van der Waals surface area contributed by atoms with Crippen molar-refractivity contribution in [3.05, 3.63) is 29.8 Å². The third-order valence-corrected chi connectivity index (χ3v) is 4.02. The number of hydrogen-bond donors (Lipinski definition) is 1. The minimum atomic E-state index is -4.07. The highest BCUT2D eigenvalue weighted by atomic mass is 35.5. The highest BCUT2D eigenvalue weighted by Gasteiger charge is 2.20. The summed E-state index contributed by atoms with van der Waals surface area (Å²) in [4.78, 5) is -0.711. The molecule has 7 heteroatoms. The van der Waals surface area contributed by atoms with Gasteiger partial charge in [0.25, 0.3) is 0 Å². The van der Waals surface area contributed by atoms with Gasteiger partial charge in [-0.05, 0) is 24.6 Å². The van der Waals surface area contributed by atoms with Crippen molar-refractivity contribution < 1.29 is 17.2 Å². The van der Waals surface area contributed by atoms with E-state index in [9.17, 15) is 17.2 Å². The zero-order valence-electron chi connectivity index (χ0n) is 9.08. The monoisotopic (exact) mass is 283 g/mol. The highest BCUT2D eigenvalue weighted by Crippen LogP contribution is 2.15. The van der Waals surface area contributed by atoms with Crippen molar-refractivity contribution in [1.29, 1.82) is 0 Å². The molecule has 1 unspecified atom stereocenters. The largest absolute Gasteiger partial charge is 0.243 e. The maximum atomic E-state index is 13.3. The second-order valence-corrected chi connectivity index (χ2v) is 5.78. The van der Waals surface area contributed by atoms with Crippen LogP contribution >= 0.6 is 11.6 Å². The summed E-state index contributed by atoms with van der Waals surface area (Å²) in [5.41, 5.74) is 0. The molecule has 1 aromatic rings. The second-order valence-electron chi connectivity index (χ2n) is 3.43. The average Bonchev–Trinajstić information content (AvgIpc) is 2.29. The van der Waals surface area contributed by atoms with Gasteiger partial charge in [0.05, 0.1) is 0 Å². The predicted octanol–water partition coefficient (Wildman–Crippen LogP) is 2.26. The van der Waals surface area contributed by atoms with Crippen LogP contribution in [0.4, 0.5) is 8.78 Å². The molecule has 0 spiro atoms. The van der Waals surface area contributed by atoms with Crippen LogP contribution in [-0.2, 0) is 10.0 Å². The lowest BCUT2D eigenvalue weighted by atomic mass is 10.3. The molecule has 0 fully saturated rings. The molecule has 0 saturated carbocycles. The normalized spacial score (nSPS) is 13.6. The van der Waals surface area contributed by atoms with Crippen LogP contribution in [-0.4, -0.2) is 20.3 Å². The molecule has 0 amide bonds. The van der Waals surface area contributed by atoms with Crippen LogP contribution in [0.15, 0.2) is 23.1 Å². The van der Waals surface area contributed by atoms with E-state index in [1.165, 1.54) is 0 Å². The molecule has 0 bridgehead atoms. The first-order valence-electron chi connectivity index (χ1n) is 4.95. The Labute approximate surface area is 104 Å². The smallest absolute Gasteiger partial charge is 0.210 e. The molecule has 96 valence electrons. The fraction of sp³-hybridized carbons (Fsp3) is 0.400. The minimum Gasteiger partial charge on any atom is -0.210 e. The van der Waals surface area contributed by atoms with E-state index in [1.807, 2.05) is 0 Å². The second kappa shape index (κ2) is 5.75. The first kappa shape index (κ1) is 14.3. The molecule has 0 aliphatic heterocycles. The minimum absolute atomic E-state index is 0.0314. The van der Waals surface area contributed by atoms with Gasteiger partial charge in [0.15, 0.2) is 0 Å². The summed E-state index contributed by atoms with van der Waals surface area (Å²) in [5, 5.41) is -0.388. The zero-order valence-corrected chi connectivity index (χ0v) is 10.7. The summed E-state index contributed by atoms with van der Waals surface area (Å²) in [6.07, 6.45) is 0.565. The Morgan fingerprint density at radius 1 is 1.41 bits per heavy atom. The van der Waals surface area contributed by atoms with Crippen LogP contribution in [0, 0.1) is 11.6 Å². The quantitative estimate of drug-likeness (QED) is 0.843. The van der Waals surface area contributed by atoms with Gasteiger partial charge >= 0.3 is 0 Å². The Kier molecular flexibility index (Phi) is 4.85. The molecule has 1 aromatic carbocycles. The Morgan fingerprint density at radius 3 is 2.65 bits per heavy atom. The number of rotatable bonds is 5. The van der Waals surface area contributed by atoms with E-state index in [0.29, 0.717) is 12.5 Å². The Morgan fingerprint density at radius 2 is 2.06 bits per heavy atom. The molecule has 0 heterocycles. The van der Waals surface area contributed by atoms with Gasteiger partial charge in [-0.25, -0.2) is 21.9 Å². The fourth-order valence-corrected chi connectivity index (χ4v) is 2.44. The van der Waals surface area contributed by atoms with Crippen LogP contribution in [0.2, 0.25) is 0 Å². The molecular weight excluding hydrogens is 272 g/mol. The number of sulfonamides is 1. The zero-order chi connectivity index (χ0) is 13.1. The van der Waals surface area contributed by atoms with E-state index < -0.39 is 26.6 Å². The van der Waals surface area contributed by atoms with Crippen molar-refractivity contribution in [2.24, 2.45) is 0 Å². The van der Waals surface area contributed by atoms with Crippen LogP contribution in [0.25, 0.3) is 0 Å². The van der Waals surface area contributed by atoms with Crippen molar-refractivity contribution in [2.75, 3.05) is 6.54 Å². The Bertz CT molecular complexity index is 493. The van der Waals surface area contributed by atoms with Crippen LogP contribution < -0.4 is 4.72 Å². The molecule has 1 N–H and O–H groups in total. The highest BCUT2D eigenvalue weighted by molar-refractivity contribution is 7.89. The summed E-state index contributed by atoms with van der Waals surface area (Å²) in [6.45, 7) is 1.76. The number of nitrogens with one attached hydrogen (secondary N) is 1. The van der Waals surface area contributed by atoms with Crippen molar-refractivity contribution in [3.63, 3.8) is 0 Å². The molecule has 17 heavy (non-hydrogen) atoms. The molecule has 1 rings (SSSR count). The third-order valence-electron chi connectivity index (χ3n) is 2.12. The molecule has 0 aromatic heterocycles. The van der Waals surface area contributed by atoms with E-state index in [0.717, 1.165) is 12.1 Å². The SMILES string of the molecule is CCC(Cl)CNS(=O)(=O)c1cc(F)ccc1F. The molecule has 0 saturated heterocycles. The third kappa shape index (κ3) is 3.90. The van der Waals surface area contributed by atoms with E-state index in [4.69, 9.17) is 11.6 Å². The van der Waals surface area contributed by atoms with Crippen molar-refractivity contribution >= 4 is 21.6 Å². The summed E-state index contributed by atoms with van der Waals surface area (Å²) in [7, 11) is -4.07. The standard InChI is InChI=1S/C10H12ClF2NO2S/c1-2-7(11)6-14-17(15,16)10-5-8(12)3-4-9(10)13/h3-5,7,14H,2,6H2,1H3. The molecule has 0 aliphatic rings. The Hall–Kier alpha value is -0.720. The predicted molar refractivity (Wildman–Crippen MR) is 61.5 cm³/mol. The molecule has 0 aliphatic carbocycles. The van der Waals surface area contributed by atoms with Crippen LogP contribution in [0.3, 0.4) is 0 Å². The topological polar surface area (TPSA) is 46.2 Å². The van der Waals surface area contributed by atoms with Gasteiger partial charge in [-0.3, -0.25) is 0 Å². The van der Waals surface area contributed by atoms with Gasteiger partial charge in [0, 0.05) is 11.9 Å². The fourth-order valence-electron chi connectivity index (χ4n) is 1.11. The van der Waals surface area contributed by atoms with Crippen LogP contribution in [0.1, 0.15) is 13.3 Å². The van der Waals surface area contributed by atoms with Gasteiger partial charge < -0.3 is 0 Å². The van der Waals surface area contributed by atoms with Gasteiger partial charge in [0.1, 0.15) is 16.5 Å². The molecule has 0 radical (unpaired) electrons. The number of alkyl halides is 1. The number of benzene rings is 1. The van der Waals surface area contributed by atoms with E-state index >= 15 is 0 Å². The van der Waals surface area contributed by atoms with Gasteiger partial charge in [-0.15, -0.1) is 11.6 Å². The van der Waals surface area contributed by atoms with Crippen LogP contribution in [0.5, 0.6) is 0 Å². The van der Waals surface area contributed by atoms with Crippen molar-refractivity contribution in [3.8, 4) is 0 Å². The summed E-state index contributed by atoms with van der Waals surface area (Å²) in [5.74, 6) is -1.81. The number of halogens is 3. The molecular formula is C10H12ClF2NO2S. The average molecular weight is 284 g/mol. The maximum Gasteiger partial charge on any atom is 0.243 e. The molecule has 3 nitrogen and oxygen atoms in total. The molecule has 1 atom stereocenters. The van der Waals surface area contributed by atoms with Crippen molar-refractivity contribution in [1.82, 2.24) is 4.72 Å². The first-order chi connectivity index (χ1) is 7.86. The lowest BCUT2D eigenvalue weighted by Crippen LogP contribution is -2.30. The lowest BCUT2D eigenvalue weighted by molar-refractivity contribution is 0.544. The van der Waals surface area contributed by atoms with E-state index in [-0.39, 0.29) is 11.9 Å². The van der Waals surface area contributed by atoms with Crippen molar-refractivity contribution in [2.45, 2.75) is 23.6 Å². The maximum absolute atomic E-state index is 13.3. The van der Waals surface area contributed by atoms with Gasteiger partial charge in [0.2, 0.25) is 10.0 Å². The van der Waals surface area contributed by atoms with E-state index in [1.54, 1.807) is 6.92 Å². The summed E-state index contributed by atoms with van der Waals surface area (Å²) >= 11 is 5.74. The van der Waals surface area contributed by atoms with Gasteiger partial charge in [-0.2, -0.15) is 0 Å².